The lowest BCUT2D eigenvalue weighted by atomic mass is 9.99. The molecule has 8 nitrogen and oxygen atoms in total. The fraction of sp³-hybridized carbons (Fsp3) is 0.348. The average Bonchev–Trinajstić information content (AvgIpc) is 3.15. The number of hydrogen-bond donors (Lipinski definition) is 1. The van der Waals surface area contributed by atoms with Crippen molar-refractivity contribution in [2.45, 2.75) is 25.9 Å². The number of aromatic nitrogens is 2. The van der Waals surface area contributed by atoms with E-state index in [1.807, 2.05) is 0 Å². The Morgan fingerprint density at radius 3 is 2.76 bits per heavy atom. The Hall–Kier alpha value is -3.53. The quantitative estimate of drug-likeness (QED) is 0.621. The number of benzene rings is 1. The molecule has 0 aliphatic carbocycles. The predicted molar refractivity (Wildman–Crippen MR) is 115 cm³/mol. The molecule has 1 amide bonds. The molecule has 0 spiro atoms. The molecular formula is C23H23F2N3O5. The van der Waals surface area contributed by atoms with Crippen LogP contribution >= 0.6 is 0 Å². The highest BCUT2D eigenvalue weighted by Gasteiger charge is 2.28. The van der Waals surface area contributed by atoms with Gasteiger partial charge in [-0.3, -0.25) is 0 Å². The molecule has 1 aromatic carbocycles. The Kier molecular flexibility index (Phi) is 6.28. The van der Waals surface area contributed by atoms with Gasteiger partial charge in [0.15, 0.2) is 0 Å². The fourth-order valence-electron chi connectivity index (χ4n) is 4.07. The van der Waals surface area contributed by atoms with E-state index in [1.165, 1.54) is 25.3 Å². The second-order valence-corrected chi connectivity index (χ2v) is 7.84. The molecule has 4 rings (SSSR count). The van der Waals surface area contributed by atoms with Crippen molar-refractivity contribution in [3.63, 3.8) is 0 Å². The summed E-state index contributed by atoms with van der Waals surface area (Å²) in [6.45, 7) is 2.84. The molecule has 1 atom stereocenters. The smallest absolute Gasteiger partial charge is 0.409 e. The molecule has 3 heterocycles. The summed E-state index contributed by atoms with van der Waals surface area (Å²) in [5, 5.41) is 9.28. The molecule has 3 aromatic rings. The number of alkyl halides is 2. The summed E-state index contributed by atoms with van der Waals surface area (Å²) in [6.07, 6.45) is -1.53. The molecule has 1 N–H and O–H groups in total. The van der Waals surface area contributed by atoms with Gasteiger partial charge in [0, 0.05) is 30.3 Å². The van der Waals surface area contributed by atoms with E-state index in [9.17, 15) is 23.5 Å². The van der Waals surface area contributed by atoms with E-state index in [0.29, 0.717) is 54.3 Å². The van der Waals surface area contributed by atoms with E-state index in [1.54, 1.807) is 34.6 Å². The number of carboxylic acids is 1. The lowest BCUT2D eigenvalue weighted by Crippen LogP contribution is -2.46. The molecular weight excluding hydrogens is 436 g/mol. The van der Waals surface area contributed by atoms with Crippen molar-refractivity contribution in [3.05, 3.63) is 58.9 Å². The van der Waals surface area contributed by atoms with E-state index >= 15 is 0 Å². The highest BCUT2D eigenvalue weighted by atomic mass is 19.3. The normalized spacial score (nSPS) is 16.4. The number of fused-ring (bicyclic) bond motifs is 1. The number of rotatable bonds is 5. The minimum Gasteiger partial charge on any atom is -0.478 e. The molecule has 0 radical (unpaired) electrons. The molecule has 174 valence electrons. The van der Waals surface area contributed by atoms with Gasteiger partial charge in [0.25, 0.3) is 6.43 Å². The number of methoxy groups -OCH3 is 1. The van der Waals surface area contributed by atoms with Crippen molar-refractivity contribution >= 4 is 17.7 Å². The number of pyridine rings is 1. The van der Waals surface area contributed by atoms with Gasteiger partial charge < -0.3 is 23.9 Å². The maximum Gasteiger partial charge on any atom is 0.409 e. The van der Waals surface area contributed by atoms with Crippen molar-refractivity contribution < 1.29 is 33.0 Å². The maximum absolute atomic E-state index is 13.3. The van der Waals surface area contributed by atoms with Crippen LogP contribution in [0.4, 0.5) is 13.6 Å². The first-order valence-electron chi connectivity index (χ1n) is 10.4. The van der Waals surface area contributed by atoms with Crippen LogP contribution in [-0.2, 0) is 15.9 Å². The molecule has 33 heavy (non-hydrogen) atoms. The van der Waals surface area contributed by atoms with Crippen molar-refractivity contribution in [2.75, 3.05) is 26.8 Å². The SMILES string of the molecule is COC(=O)N1CCO[C@@H](Cc2c(-c3ccc(C(=O)O)cc3C)nc3cc(C(F)F)ccn23)C1. The zero-order valence-corrected chi connectivity index (χ0v) is 18.1. The Bertz CT molecular complexity index is 1210. The van der Waals surface area contributed by atoms with Gasteiger partial charge in [0.05, 0.1) is 43.3 Å². The van der Waals surface area contributed by atoms with Gasteiger partial charge in [-0.1, -0.05) is 6.07 Å². The summed E-state index contributed by atoms with van der Waals surface area (Å²) in [4.78, 5) is 29.5. The van der Waals surface area contributed by atoms with Gasteiger partial charge in [-0.15, -0.1) is 0 Å². The molecule has 1 aliphatic heterocycles. The number of nitrogens with zero attached hydrogens (tertiary/aromatic N) is 3. The van der Waals surface area contributed by atoms with Crippen LogP contribution in [0.2, 0.25) is 0 Å². The minimum absolute atomic E-state index is 0.144. The van der Waals surface area contributed by atoms with Crippen LogP contribution in [0, 0.1) is 6.92 Å². The first-order valence-corrected chi connectivity index (χ1v) is 10.4. The molecule has 1 saturated heterocycles. The van der Waals surface area contributed by atoms with E-state index in [-0.39, 0.29) is 17.2 Å². The zero-order valence-electron chi connectivity index (χ0n) is 18.1. The van der Waals surface area contributed by atoms with Crippen LogP contribution in [0.3, 0.4) is 0 Å². The number of amides is 1. The van der Waals surface area contributed by atoms with Crippen molar-refractivity contribution in [2.24, 2.45) is 0 Å². The third-order valence-corrected chi connectivity index (χ3v) is 5.72. The van der Waals surface area contributed by atoms with Crippen molar-refractivity contribution in [3.8, 4) is 11.3 Å². The van der Waals surface area contributed by atoms with Gasteiger partial charge >= 0.3 is 12.1 Å². The average molecular weight is 459 g/mol. The largest absolute Gasteiger partial charge is 0.478 e. The lowest BCUT2D eigenvalue weighted by molar-refractivity contribution is -0.0241. The zero-order chi connectivity index (χ0) is 23.7. The van der Waals surface area contributed by atoms with Crippen LogP contribution in [0.1, 0.15) is 33.6 Å². The van der Waals surface area contributed by atoms with Gasteiger partial charge in [-0.05, 0) is 36.8 Å². The van der Waals surface area contributed by atoms with Gasteiger partial charge in [0.1, 0.15) is 5.65 Å². The highest BCUT2D eigenvalue weighted by Crippen LogP contribution is 2.31. The Labute approximate surface area is 188 Å². The number of aromatic carboxylic acids is 1. The molecule has 1 fully saturated rings. The van der Waals surface area contributed by atoms with Gasteiger partial charge in [0.2, 0.25) is 0 Å². The number of carboxylic acid groups (broad SMARTS) is 1. The Balaban J connectivity index is 1.78. The number of ether oxygens (including phenoxy) is 2. The van der Waals surface area contributed by atoms with Crippen LogP contribution in [-0.4, -0.2) is 64.4 Å². The standard InChI is InChI=1S/C23H23F2N3O5/c1-13-9-15(22(29)30)3-4-17(13)20-18(11-16-12-27(7-8-33-16)23(31)32-2)28-6-5-14(21(24)25)10-19(28)26-20/h3-6,9-10,16,21H,7-8,11-12H2,1-2H3,(H,29,30)/t16-/m0/s1. The highest BCUT2D eigenvalue weighted by molar-refractivity contribution is 5.89. The number of carbonyl (C=O) groups excluding carboxylic acids is 1. The first-order chi connectivity index (χ1) is 15.8. The Morgan fingerprint density at radius 1 is 1.30 bits per heavy atom. The van der Waals surface area contributed by atoms with Crippen LogP contribution < -0.4 is 0 Å². The third-order valence-electron chi connectivity index (χ3n) is 5.72. The van der Waals surface area contributed by atoms with Crippen LogP contribution in [0.25, 0.3) is 16.9 Å². The number of aryl methyl sites for hydroxylation is 1. The minimum atomic E-state index is -2.63. The summed E-state index contributed by atoms with van der Waals surface area (Å²) in [6, 6.07) is 7.38. The van der Waals surface area contributed by atoms with Crippen molar-refractivity contribution in [1.82, 2.24) is 14.3 Å². The Morgan fingerprint density at radius 2 is 2.09 bits per heavy atom. The lowest BCUT2D eigenvalue weighted by Gasteiger charge is -2.32. The molecule has 0 bridgehead atoms. The second kappa shape index (κ2) is 9.14. The maximum atomic E-state index is 13.3. The molecule has 0 saturated carbocycles. The summed E-state index contributed by atoms with van der Waals surface area (Å²) >= 11 is 0. The number of carbonyl (C=O) groups is 2. The van der Waals surface area contributed by atoms with Crippen molar-refractivity contribution in [1.29, 1.82) is 0 Å². The van der Waals surface area contributed by atoms with Gasteiger partial charge in [-0.25, -0.2) is 23.4 Å². The monoisotopic (exact) mass is 459 g/mol. The number of halogens is 2. The summed E-state index contributed by atoms with van der Waals surface area (Å²) in [5.74, 6) is -1.04. The van der Waals surface area contributed by atoms with E-state index in [0.717, 1.165) is 0 Å². The second-order valence-electron chi connectivity index (χ2n) is 7.84. The van der Waals surface area contributed by atoms with Crippen LogP contribution in [0.5, 0.6) is 0 Å². The van der Waals surface area contributed by atoms with Crippen LogP contribution in [0.15, 0.2) is 36.5 Å². The fourth-order valence-corrected chi connectivity index (χ4v) is 4.07. The predicted octanol–water partition coefficient (Wildman–Crippen LogP) is 3.96. The molecule has 10 heteroatoms. The van der Waals surface area contributed by atoms with E-state index in [4.69, 9.17) is 9.47 Å². The van der Waals surface area contributed by atoms with E-state index < -0.39 is 18.5 Å². The summed E-state index contributed by atoms with van der Waals surface area (Å²) < 4.78 is 39.0. The molecule has 0 unspecified atom stereocenters. The number of hydrogen-bond acceptors (Lipinski definition) is 5. The number of morpholine rings is 1. The number of imidazole rings is 1. The third kappa shape index (κ3) is 4.51. The summed E-state index contributed by atoms with van der Waals surface area (Å²) in [5.41, 5.74) is 3.00. The van der Waals surface area contributed by atoms with Gasteiger partial charge in [-0.2, -0.15) is 0 Å². The van der Waals surface area contributed by atoms with E-state index in [2.05, 4.69) is 4.98 Å². The molecule has 1 aliphatic rings. The molecule has 2 aromatic heterocycles. The first kappa shape index (κ1) is 22.7. The topological polar surface area (TPSA) is 93.4 Å². The summed E-state index contributed by atoms with van der Waals surface area (Å²) in [7, 11) is 1.32.